The second-order valence-electron chi connectivity index (χ2n) is 9.13. The molecule has 0 saturated heterocycles. The maximum atomic E-state index is 12.0. The van der Waals surface area contributed by atoms with E-state index in [0.717, 1.165) is 18.5 Å². The average Bonchev–Trinajstić information content (AvgIpc) is 3.23. The second-order valence-corrected chi connectivity index (χ2v) is 9.13. The van der Waals surface area contributed by atoms with Crippen LogP contribution in [0.25, 0.3) is 5.82 Å². The molecule has 0 fully saturated rings. The van der Waals surface area contributed by atoms with Crippen molar-refractivity contribution in [2.24, 2.45) is 15.9 Å². The van der Waals surface area contributed by atoms with Crippen molar-refractivity contribution in [3.63, 3.8) is 0 Å². The molecule has 2 heterocycles. The molecule has 1 amide bonds. The minimum absolute atomic E-state index is 0.0849. The summed E-state index contributed by atoms with van der Waals surface area (Å²) in [7, 11) is 6.45. The first-order chi connectivity index (χ1) is 20.2. The molecule has 1 atom stereocenters. The van der Waals surface area contributed by atoms with Gasteiger partial charge in [-0.05, 0) is 43.7 Å². The number of methoxy groups -OCH3 is 2. The summed E-state index contributed by atoms with van der Waals surface area (Å²) in [5, 5.41) is 4.15. The summed E-state index contributed by atoms with van der Waals surface area (Å²) in [4.78, 5) is 26.0. The summed E-state index contributed by atoms with van der Waals surface area (Å²) >= 11 is 0. The molecule has 1 aliphatic carbocycles. The summed E-state index contributed by atoms with van der Waals surface area (Å²) in [6, 6.07) is 0. The Bertz CT molecular complexity index is 1290. The molecule has 1 unspecified atom stereocenters. The van der Waals surface area contributed by atoms with Crippen LogP contribution in [-0.4, -0.2) is 72.9 Å². The Hall–Kier alpha value is -4.73. The zero-order valence-electron chi connectivity index (χ0n) is 25.8. The molecule has 2 aliphatic rings. The van der Waals surface area contributed by atoms with Gasteiger partial charge < -0.3 is 20.1 Å². The van der Waals surface area contributed by atoms with E-state index in [-0.39, 0.29) is 17.7 Å². The fourth-order valence-corrected chi connectivity index (χ4v) is 3.60. The van der Waals surface area contributed by atoms with Gasteiger partial charge in [0, 0.05) is 32.3 Å². The molecule has 1 aromatic rings. The number of nitrogens with two attached hydrogens (primary N) is 1. The average molecular weight is 576 g/mol. The molecule has 2 N–H and O–H groups in total. The lowest BCUT2D eigenvalue weighted by atomic mass is 10.1. The van der Waals surface area contributed by atoms with Gasteiger partial charge in [0.2, 0.25) is 11.9 Å². The lowest BCUT2D eigenvalue weighted by Gasteiger charge is -2.10. The van der Waals surface area contributed by atoms with E-state index >= 15 is 0 Å². The lowest BCUT2D eigenvalue weighted by molar-refractivity contribution is -0.123. The number of nitrogens with zero attached hydrogens (tertiary/aromatic N) is 6. The third-order valence-corrected chi connectivity index (χ3v) is 5.83. The third kappa shape index (κ3) is 11.8. The normalized spacial score (nSPS) is 18.8. The molecule has 0 radical (unpaired) electrons. The topological polar surface area (TPSA) is 120 Å². The third-order valence-electron chi connectivity index (χ3n) is 5.83. The smallest absolute Gasteiger partial charge is 0.249 e. The van der Waals surface area contributed by atoms with Crippen molar-refractivity contribution < 1.29 is 14.3 Å². The standard InChI is InChI=1S/C18H24N6O3.C12H17N.C2H4/c1-20-15(11-17(25)23(2)3)24-16(21-18(19)22-24)10-12-7-6-8-13(26-4)14(9-12)27-5;1-3-12-9-8-11(2)7-5-4-6-10-13-12;1-2/h6,8-9,11H,1,7,10H2,2-5H3,(H2,19,22);4-9,11H,3,10H2,1-2H3;1-2H2/b15-11+;6-4-,7-5-,9-8-,13-12?;. The number of rotatable bonds is 8. The van der Waals surface area contributed by atoms with Crippen LogP contribution in [-0.2, 0) is 20.7 Å². The zero-order chi connectivity index (χ0) is 31.5. The van der Waals surface area contributed by atoms with Crippen molar-refractivity contribution >= 4 is 30.1 Å². The number of aromatic nitrogens is 3. The fraction of sp³-hybridized carbons (Fsp3) is 0.344. The van der Waals surface area contributed by atoms with Crippen molar-refractivity contribution in [2.75, 3.05) is 40.6 Å². The van der Waals surface area contributed by atoms with Gasteiger partial charge in [0.15, 0.2) is 17.3 Å². The largest absolute Gasteiger partial charge is 0.493 e. The number of hydrogen-bond acceptors (Lipinski definition) is 8. The van der Waals surface area contributed by atoms with E-state index in [4.69, 9.17) is 15.2 Å². The van der Waals surface area contributed by atoms with Crippen LogP contribution >= 0.6 is 0 Å². The number of amides is 1. The predicted molar refractivity (Wildman–Crippen MR) is 174 cm³/mol. The Balaban J connectivity index is 0.000000491. The molecule has 0 spiro atoms. The number of allylic oxidation sites excluding steroid dienone is 9. The van der Waals surface area contributed by atoms with Crippen LogP contribution in [0.4, 0.5) is 5.95 Å². The highest BCUT2D eigenvalue weighted by atomic mass is 16.5. The molecule has 42 heavy (non-hydrogen) atoms. The Morgan fingerprint density at radius 2 is 1.88 bits per heavy atom. The summed E-state index contributed by atoms with van der Waals surface area (Å²) in [5.41, 5.74) is 7.97. The molecule has 1 aliphatic heterocycles. The maximum absolute atomic E-state index is 12.0. The summed E-state index contributed by atoms with van der Waals surface area (Å²) in [6.45, 7) is 14.6. The molecular formula is C32H45N7O3. The van der Waals surface area contributed by atoms with E-state index in [0.29, 0.717) is 36.1 Å². The van der Waals surface area contributed by atoms with E-state index in [1.165, 1.54) is 21.4 Å². The van der Waals surface area contributed by atoms with Crippen molar-refractivity contribution in [1.82, 2.24) is 19.7 Å². The Morgan fingerprint density at radius 1 is 1.17 bits per heavy atom. The molecule has 226 valence electrons. The first-order valence-electron chi connectivity index (χ1n) is 13.6. The minimum atomic E-state index is -0.247. The number of hydrogen-bond donors (Lipinski definition) is 1. The van der Waals surface area contributed by atoms with Crippen LogP contribution in [0, 0.1) is 5.92 Å². The quantitative estimate of drug-likeness (QED) is 0.254. The monoisotopic (exact) mass is 575 g/mol. The van der Waals surface area contributed by atoms with Gasteiger partial charge in [0.25, 0.3) is 0 Å². The van der Waals surface area contributed by atoms with Gasteiger partial charge >= 0.3 is 0 Å². The Kier molecular flexibility index (Phi) is 16.3. The molecule has 0 saturated carbocycles. The Morgan fingerprint density at radius 3 is 2.50 bits per heavy atom. The van der Waals surface area contributed by atoms with Crippen LogP contribution in [0.5, 0.6) is 0 Å². The molecule has 3 rings (SSSR count). The number of carbonyl (C=O) groups is 1. The van der Waals surface area contributed by atoms with Crippen molar-refractivity contribution in [3.8, 4) is 0 Å². The molecule has 0 aromatic carbocycles. The molecular weight excluding hydrogens is 530 g/mol. The number of aliphatic imine (C=N–C) groups is 2. The number of ether oxygens (including phenoxy) is 2. The lowest BCUT2D eigenvalue weighted by Crippen LogP contribution is -2.20. The highest BCUT2D eigenvalue weighted by Gasteiger charge is 2.16. The maximum Gasteiger partial charge on any atom is 0.249 e. The van der Waals surface area contributed by atoms with Gasteiger partial charge in [-0.2, -0.15) is 9.67 Å². The SMILES string of the molecule is C=C.C=N/C(=C\C(=O)N(C)C)n1nc(N)nc1CC1=CC(OC)=C(OC)C=CC1.CCC1=NC/C=C\C=C/C(C)/C=C\1. The zero-order valence-corrected chi connectivity index (χ0v) is 25.8. The summed E-state index contributed by atoms with van der Waals surface area (Å²) in [5.74, 6) is 2.37. The van der Waals surface area contributed by atoms with E-state index in [2.05, 4.69) is 90.2 Å². The van der Waals surface area contributed by atoms with Crippen molar-refractivity contribution in [2.45, 2.75) is 33.1 Å². The molecule has 10 nitrogen and oxygen atoms in total. The van der Waals surface area contributed by atoms with Crippen LogP contribution in [0.2, 0.25) is 0 Å². The van der Waals surface area contributed by atoms with E-state index in [1.54, 1.807) is 28.3 Å². The van der Waals surface area contributed by atoms with Crippen LogP contribution < -0.4 is 5.73 Å². The highest BCUT2D eigenvalue weighted by molar-refractivity contribution is 5.94. The van der Waals surface area contributed by atoms with Gasteiger partial charge in [-0.3, -0.25) is 9.79 Å². The summed E-state index contributed by atoms with van der Waals surface area (Å²) in [6.07, 6.45) is 21.9. The van der Waals surface area contributed by atoms with Gasteiger partial charge in [-0.25, -0.2) is 4.99 Å². The van der Waals surface area contributed by atoms with Gasteiger partial charge in [-0.1, -0.05) is 55.9 Å². The first-order valence-corrected chi connectivity index (χ1v) is 13.6. The minimum Gasteiger partial charge on any atom is -0.493 e. The number of likely N-dealkylation sites (N-methyl/N-ethyl adjacent to an activating group) is 1. The highest BCUT2D eigenvalue weighted by Crippen LogP contribution is 2.22. The molecule has 1 aromatic heterocycles. The number of carbonyl (C=O) groups excluding carboxylic acids is 1. The Labute approximate surface area is 250 Å². The van der Waals surface area contributed by atoms with Crippen LogP contribution in [0.3, 0.4) is 0 Å². The van der Waals surface area contributed by atoms with Crippen molar-refractivity contribution in [3.05, 3.63) is 96.8 Å². The van der Waals surface area contributed by atoms with Gasteiger partial charge in [0.1, 0.15) is 5.82 Å². The first kappa shape index (κ1) is 35.3. The molecule has 0 bridgehead atoms. The van der Waals surface area contributed by atoms with Crippen molar-refractivity contribution in [1.29, 1.82) is 0 Å². The molecule has 10 heteroatoms. The fourth-order valence-electron chi connectivity index (χ4n) is 3.60. The van der Waals surface area contributed by atoms with E-state index in [9.17, 15) is 4.79 Å². The number of anilines is 1. The second kappa shape index (κ2) is 19.4. The number of nitrogen functional groups attached to an aromatic ring is 1. The van der Waals surface area contributed by atoms with Gasteiger partial charge in [-0.15, -0.1) is 18.3 Å². The summed E-state index contributed by atoms with van der Waals surface area (Å²) < 4.78 is 12.1. The van der Waals surface area contributed by atoms with E-state index < -0.39 is 0 Å². The van der Waals surface area contributed by atoms with Gasteiger partial charge in [0.05, 0.1) is 20.8 Å². The van der Waals surface area contributed by atoms with Crippen LogP contribution in [0.1, 0.15) is 32.5 Å². The van der Waals surface area contributed by atoms with E-state index in [1.807, 2.05) is 18.2 Å². The van der Waals surface area contributed by atoms with Crippen LogP contribution in [0.15, 0.2) is 101 Å². The predicted octanol–water partition coefficient (Wildman–Crippen LogP) is 5.34.